The molecule has 2 unspecified atom stereocenters. The van der Waals surface area contributed by atoms with E-state index in [2.05, 4.69) is 4.98 Å². The van der Waals surface area contributed by atoms with Gasteiger partial charge in [0.05, 0.1) is 6.10 Å². The van der Waals surface area contributed by atoms with Gasteiger partial charge in [0.1, 0.15) is 11.2 Å². The van der Waals surface area contributed by atoms with Crippen LogP contribution in [0.5, 0.6) is 0 Å². The van der Waals surface area contributed by atoms with E-state index in [0.29, 0.717) is 23.7 Å². The van der Waals surface area contributed by atoms with Crippen LogP contribution in [-0.4, -0.2) is 48.2 Å². The van der Waals surface area contributed by atoms with Crippen LogP contribution in [-0.2, 0) is 9.84 Å². The molecule has 19 heavy (non-hydrogen) atoms. The summed E-state index contributed by atoms with van der Waals surface area (Å²) in [5, 5.41) is 9.23. The number of aliphatic hydroxyl groups is 1. The van der Waals surface area contributed by atoms with Gasteiger partial charge in [0.2, 0.25) is 0 Å². The van der Waals surface area contributed by atoms with Crippen LogP contribution in [0.1, 0.15) is 18.6 Å². The Labute approximate surface area is 118 Å². The molecule has 1 aromatic heterocycles. The Hall–Kier alpha value is -0.790. The van der Waals surface area contributed by atoms with Gasteiger partial charge < -0.3 is 10.0 Å². The van der Waals surface area contributed by atoms with Crippen LogP contribution < -0.4 is 4.90 Å². The van der Waals surface area contributed by atoms with Crippen LogP contribution in [0, 0.1) is 0 Å². The van der Waals surface area contributed by atoms with Crippen LogP contribution in [0.15, 0.2) is 18.3 Å². The van der Waals surface area contributed by atoms with E-state index in [1.54, 1.807) is 41.9 Å². The van der Waals surface area contributed by atoms with Crippen LogP contribution in [0.25, 0.3) is 0 Å². The normalized spacial score (nSPS) is 22.3. The van der Waals surface area contributed by atoms with E-state index in [-0.39, 0.29) is 0 Å². The third kappa shape index (κ3) is 3.21. The molecule has 0 saturated carbocycles. The minimum Gasteiger partial charge on any atom is -0.389 e. The second kappa shape index (κ2) is 5.68. The first kappa shape index (κ1) is 14.6. The van der Waals surface area contributed by atoms with Gasteiger partial charge in [-0.1, -0.05) is 6.07 Å². The maximum absolute atomic E-state index is 11.9. The van der Waals surface area contributed by atoms with Crippen molar-refractivity contribution in [2.75, 3.05) is 29.2 Å². The summed E-state index contributed by atoms with van der Waals surface area (Å²) in [6.45, 7) is 2.29. The average Bonchev–Trinajstić information content (AvgIpc) is 2.37. The summed E-state index contributed by atoms with van der Waals surface area (Å²) in [5.74, 6) is 1.98. The molecular formula is C12H18N2O3S2. The molecular weight excluding hydrogens is 284 g/mol. The van der Waals surface area contributed by atoms with Crippen LogP contribution in [0.3, 0.4) is 0 Å². The Kier molecular flexibility index (Phi) is 4.37. The van der Waals surface area contributed by atoms with E-state index in [0.717, 1.165) is 5.75 Å². The Balaban J connectivity index is 2.44. The van der Waals surface area contributed by atoms with E-state index >= 15 is 0 Å². The fourth-order valence-electron chi connectivity index (χ4n) is 2.15. The maximum atomic E-state index is 11.9. The van der Waals surface area contributed by atoms with Gasteiger partial charge in [-0.25, -0.2) is 13.4 Å². The lowest BCUT2D eigenvalue weighted by Crippen LogP contribution is -2.47. The Morgan fingerprint density at radius 2 is 2.32 bits per heavy atom. The minimum atomic E-state index is -3.18. The van der Waals surface area contributed by atoms with Crippen LogP contribution >= 0.6 is 11.8 Å². The lowest BCUT2D eigenvalue weighted by atomic mass is 10.1. The van der Waals surface area contributed by atoms with Crippen molar-refractivity contribution in [3.05, 3.63) is 23.9 Å². The number of thioether (sulfide) groups is 1. The molecule has 1 aliphatic rings. The molecule has 1 aliphatic heterocycles. The lowest BCUT2D eigenvalue weighted by Gasteiger charge is -2.36. The zero-order valence-corrected chi connectivity index (χ0v) is 12.6. The van der Waals surface area contributed by atoms with Crippen molar-refractivity contribution < 1.29 is 13.5 Å². The fraction of sp³-hybridized carbons (Fsp3) is 0.583. The Morgan fingerprint density at radius 3 is 2.95 bits per heavy atom. The summed E-state index contributed by atoms with van der Waals surface area (Å²) in [6.07, 6.45) is 2.21. The number of pyridine rings is 1. The highest BCUT2D eigenvalue weighted by Crippen LogP contribution is 2.30. The molecule has 0 spiro atoms. The molecule has 1 N–H and O–H groups in total. The number of hydrogen-bond donors (Lipinski definition) is 1. The number of nitrogens with zero attached hydrogens (tertiary/aromatic N) is 2. The summed E-state index contributed by atoms with van der Waals surface area (Å²) in [6, 6.07) is 3.54. The third-order valence-electron chi connectivity index (χ3n) is 3.12. The second-order valence-corrected chi connectivity index (χ2v) is 8.00. The molecule has 1 saturated heterocycles. The predicted octanol–water partition coefficient (Wildman–Crippen LogP) is 1.06. The van der Waals surface area contributed by atoms with E-state index in [4.69, 9.17) is 0 Å². The van der Waals surface area contributed by atoms with Crippen molar-refractivity contribution in [1.29, 1.82) is 0 Å². The first-order chi connectivity index (χ1) is 8.91. The lowest BCUT2D eigenvalue weighted by molar-refractivity contribution is 0.199. The largest absolute Gasteiger partial charge is 0.389 e. The van der Waals surface area contributed by atoms with Crippen LogP contribution in [0.4, 0.5) is 5.82 Å². The third-order valence-corrected chi connectivity index (χ3v) is 5.76. The molecule has 7 heteroatoms. The highest BCUT2D eigenvalue weighted by atomic mass is 32.2. The molecule has 0 aliphatic carbocycles. The number of rotatable bonds is 3. The molecule has 5 nitrogen and oxygen atoms in total. The molecule has 2 atom stereocenters. The average molecular weight is 302 g/mol. The molecule has 2 heterocycles. The van der Waals surface area contributed by atoms with Gasteiger partial charge in [-0.2, -0.15) is 11.8 Å². The van der Waals surface area contributed by atoms with E-state index in [1.165, 1.54) is 6.26 Å². The topological polar surface area (TPSA) is 70.5 Å². The molecule has 106 valence electrons. The summed E-state index contributed by atoms with van der Waals surface area (Å²) >= 11 is 1.63. The van der Waals surface area contributed by atoms with Gasteiger partial charge in [-0.3, -0.25) is 0 Å². The molecule has 2 rings (SSSR count). The first-order valence-electron chi connectivity index (χ1n) is 6.07. The first-order valence-corrected chi connectivity index (χ1v) is 9.18. The number of hydrogen-bond acceptors (Lipinski definition) is 6. The number of aromatic nitrogens is 1. The zero-order valence-electron chi connectivity index (χ0n) is 11.0. The van der Waals surface area contributed by atoms with Crippen molar-refractivity contribution in [2.24, 2.45) is 0 Å². The number of aliphatic hydroxyl groups excluding tert-OH is 1. The summed E-state index contributed by atoms with van der Waals surface area (Å²) < 4.78 is 23.8. The summed E-state index contributed by atoms with van der Waals surface area (Å²) in [7, 11) is -3.18. The quantitative estimate of drug-likeness (QED) is 0.900. The Bertz CT molecular complexity index is 546. The van der Waals surface area contributed by atoms with Gasteiger partial charge in [0.25, 0.3) is 0 Å². The van der Waals surface area contributed by atoms with E-state index in [1.807, 2.05) is 0 Å². The fourth-order valence-corrected chi connectivity index (χ4v) is 4.97. The molecule has 1 fully saturated rings. The second-order valence-electron chi connectivity index (χ2n) is 4.64. The highest BCUT2D eigenvalue weighted by Gasteiger charge is 2.33. The van der Waals surface area contributed by atoms with Gasteiger partial charge in [0, 0.05) is 36.1 Å². The smallest absolute Gasteiger partial charge is 0.169 e. The molecule has 0 aromatic carbocycles. The summed E-state index contributed by atoms with van der Waals surface area (Å²) in [4.78, 5) is 6.08. The van der Waals surface area contributed by atoms with Gasteiger partial charge in [0.15, 0.2) is 9.84 Å². The number of anilines is 1. The maximum Gasteiger partial charge on any atom is 0.169 e. The van der Waals surface area contributed by atoms with Crippen molar-refractivity contribution in [1.82, 2.24) is 4.98 Å². The standard InChI is InChI=1S/C12H18N2O3S2/c1-9(15)10-4-3-5-13-12(10)14-6-7-18-8-11(14)19(2,16)17/h3-5,9,11,15H,6-8H2,1-2H3. The van der Waals surface area contributed by atoms with Crippen LogP contribution in [0.2, 0.25) is 0 Å². The molecule has 1 aromatic rings. The predicted molar refractivity (Wildman–Crippen MR) is 78.2 cm³/mol. The van der Waals surface area contributed by atoms with Crippen molar-refractivity contribution in [3.8, 4) is 0 Å². The molecule has 0 bridgehead atoms. The molecule has 0 amide bonds. The van der Waals surface area contributed by atoms with Gasteiger partial charge in [-0.05, 0) is 13.0 Å². The monoisotopic (exact) mass is 302 g/mol. The van der Waals surface area contributed by atoms with Gasteiger partial charge >= 0.3 is 0 Å². The Morgan fingerprint density at radius 1 is 1.58 bits per heavy atom. The molecule has 0 radical (unpaired) electrons. The highest BCUT2D eigenvalue weighted by molar-refractivity contribution is 8.01. The number of sulfone groups is 1. The van der Waals surface area contributed by atoms with Gasteiger partial charge in [-0.15, -0.1) is 0 Å². The van der Waals surface area contributed by atoms with Crippen molar-refractivity contribution in [2.45, 2.75) is 18.4 Å². The van der Waals surface area contributed by atoms with Crippen molar-refractivity contribution >= 4 is 27.4 Å². The van der Waals surface area contributed by atoms with Crippen molar-refractivity contribution in [3.63, 3.8) is 0 Å². The minimum absolute atomic E-state index is 0.536. The van der Waals surface area contributed by atoms with E-state index < -0.39 is 21.3 Å². The van der Waals surface area contributed by atoms with E-state index in [9.17, 15) is 13.5 Å². The summed E-state index contributed by atoms with van der Waals surface area (Å²) in [5.41, 5.74) is 0.669. The zero-order chi connectivity index (χ0) is 14.0. The SMILES string of the molecule is CC(O)c1cccnc1N1CCSCC1S(C)(=O)=O.